The topological polar surface area (TPSA) is 93.4 Å². The van der Waals surface area contributed by atoms with Crippen LogP contribution in [-0.2, 0) is 4.74 Å². The number of benzene rings is 1. The Kier molecular flexibility index (Phi) is 6.11. The summed E-state index contributed by atoms with van der Waals surface area (Å²) in [6, 6.07) is 7.52. The van der Waals surface area contributed by atoms with Gasteiger partial charge in [-0.1, -0.05) is 6.92 Å². The van der Waals surface area contributed by atoms with E-state index < -0.39 is 0 Å². The van der Waals surface area contributed by atoms with E-state index in [1.54, 1.807) is 25.4 Å². The quantitative estimate of drug-likeness (QED) is 0.749. The molecular formula is C20H27N5O2. The van der Waals surface area contributed by atoms with E-state index in [-0.39, 0.29) is 5.97 Å². The van der Waals surface area contributed by atoms with Crippen LogP contribution in [0.3, 0.4) is 0 Å². The van der Waals surface area contributed by atoms with Crippen molar-refractivity contribution < 1.29 is 9.53 Å². The first kappa shape index (κ1) is 18.9. The highest BCUT2D eigenvalue weighted by atomic mass is 16.5. The standard InChI is InChI=1S/C20H27N5O2/c1-3-16-7-5-6-12-25(16)19-17(21)18(22-13-23-19)24-15-10-8-14(9-11-15)20(26)27-4-2/h8-11,13,16H,3-7,12,21H2,1-2H3,(H,22,23,24). The average Bonchev–Trinajstić information content (AvgIpc) is 2.70. The number of nitrogens with two attached hydrogens (primary N) is 1. The molecule has 1 fully saturated rings. The molecule has 1 unspecified atom stereocenters. The number of aromatic nitrogens is 2. The normalized spacial score (nSPS) is 16.8. The lowest BCUT2D eigenvalue weighted by Crippen LogP contribution is -2.40. The molecule has 2 aromatic rings. The first-order valence-electron chi connectivity index (χ1n) is 9.55. The number of nitrogen functional groups attached to an aromatic ring is 1. The Morgan fingerprint density at radius 1 is 1.26 bits per heavy atom. The van der Waals surface area contributed by atoms with Crippen LogP contribution in [0.2, 0.25) is 0 Å². The number of hydrogen-bond acceptors (Lipinski definition) is 7. The van der Waals surface area contributed by atoms with Gasteiger partial charge in [0, 0.05) is 18.3 Å². The second kappa shape index (κ2) is 8.70. The highest BCUT2D eigenvalue weighted by Gasteiger charge is 2.25. The van der Waals surface area contributed by atoms with E-state index in [1.165, 1.54) is 6.42 Å². The zero-order valence-electron chi connectivity index (χ0n) is 15.9. The molecule has 1 aromatic carbocycles. The molecule has 1 atom stereocenters. The van der Waals surface area contributed by atoms with E-state index in [1.807, 2.05) is 12.1 Å². The Labute approximate surface area is 159 Å². The zero-order valence-corrected chi connectivity index (χ0v) is 15.9. The molecule has 1 aromatic heterocycles. The third-order valence-corrected chi connectivity index (χ3v) is 4.89. The molecule has 0 saturated carbocycles. The second-order valence-corrected chi connectivity index (χ2v) is 6.63. The number of piperidine rings is 1. The molecule has 0 amide bonds. The van der Waals surface area contributed by atoms with Gasteiger partial charge < -0.3 is 20.7 Å². The minimum Gasteiger partial charge on any atom is -0.462 e. The third kappa shape index (κ3) is 4.30. The number of esters is 1. The fraction of sp³-hybridized carbons (Fsp3) is 0.450. The summed E-state index contributed by atoms with van der Waals surface area (Å²) < 4.78 is 5.00. The van der Waals surface area contributed by atoms with Crippen LogP contribution in [0.25, 0.3) is 0 Å². The lowest BCUT2D eigenvalue weighted by molar-refractivity contribution is 0.0526. The average molecular weight is 369 g/mol. The summed E-state index contributed by atoms with van der Waals surface area (Å²) in [5.74, 6) is 1.04. The van der Waals surface area contributed by atoms with Crippen molar-refractivity contribution in [1.82, 2.24) is 9.97 Å². The first-order valence-corrected chi connectivity index (χ1v) is 9.55. The van der Waals surface area contributed by atoms with E-state index >= 15 is 0 Å². The van der Waals surface area contributed by atoms with Gasteiger partial charge in [-0.05, 0) is 56.9 Å². The Morgan fingerprint density at radius 3 is 2.74 bits per heavy atom. The van der Waals surface area contributed by atoms with Crippen LogP contribution in [0.4, 0.5) is 23.0 Å². The van der Waals surface area contributed by atoms with Gasteiger partial charge in [0.1, 0.15) is 12.0 Å². The van der Waals surface area contributed by atoms with Crippen molar-refractivity contribution in [2.24, 2.45) is 0 Å². The molecule has 7 nitrogen and oxygen atoms in total. The van der Waals surface area contributed by atoms with Gasteiger partial charge in [0.25, 0.3) is 0 Å². The number of ether oxygens (including phenoxy) is 1. The summed E-state index contributed by atoms with van der Waals surface area (Å²) in [6.45, 7) is 5.31. The number of nitrogens with zero attached hydrogens (tertiary/aromatic N) is 3. The number of rotatable bonds is 6. The van der Waals surface area contributed by atoms with Crippen molar-refractivity contribution in [2.75, 3.05) is 29.1 Å². The summed E-state index contributed by atoms with van der Waals surface area (Å²) in [6.07, 6.45) is 6.18. The van der Waals surface area contributed by atoms with Crippen LogP contribution in [0.1, 0.15) is 49.9 Å². The number of carbonyl (C=O) groups excluding carboxylic acids is 1. The van der Waals surface area contributed by atoms with Crippen LogP contribution in [0.5, 0.6) is 0 Å². The molecule has 2 heterocycles. The molecule has 0 aliphatic carbocycles. The van der Waals surface area contributed by atoms with E-state index in [9.17, 15) is 4.79 Å². The Balaban J connectivity index is 1.79. The number of carbonyl (C=O) groups is 1. The Bertz CT molecular complexity index is 778. The van der Waals surface area contributed by atoms with Gasteiger partial charge in [0.2, 0.25) is 0 Å². The van der Waals surface area contributed by atoms with Gasteiger partial charge in [-0.3, -0.25) is 0 Å². The first-order chi connectivity index (χ1) is 13.1. The lowest BCUT2D eigenvalue weighted by Gasteiger charge is -2.36. The highest BCUT2D eigenvalue weighted by molar-refractivity contribution is 5.90. The SMILES string of the molecule is CCOC(=O)c1ccc(Nc2ncnc(N3CCCCC3CC)c2N)cc1. The van der Waals surface area contributed by atoms with Crippen LogP contribution in [0.15, 0.2) is 30.6 Å². The summed E-state index contributed by atoms with van der Waals surface area (Å²) in [4.78, 5) is 22.8. The van der Waals surface area contributed by atoms with Crippen LogP contribution in [0, 0.1) is 0 Å². The molecule has 144 valence electrons. The molecule has 0 spiro atoms. The molecule has 1 aliphatic rings. The van der Waals surface area contributed by atoms with Crippen molar-refractivity contribution in [1.29, 1.82) is 0 Å². The van der Waals surface area contributed by atoms with Crippen LogP contribution in [-0.4, -0.2) is 35.1 Å². The maximum Gasteiger partial charge on any atom is 0.338 e. The van der Waals surface area contributed by atoms with Crippen molar-refractivity contribution in [2.45, 2.75) is 45.6 Å². The molecule has 1 saturated heterocycles. The Morgan fingerprint density at radius 2 is 2.04 bits per heavy atom. The molecule has 3 N–H and O–H groups in total. The van der Waals surface area contributed by atoms with Crippen molar-refractivity contribution in [3.8, 4) is 0 Å². The number of anilines is 4. The van der Waals surface area contributed by atoms with Gasteiger partial charge in [0.15, 0.2) is 11.6 Å². The highest BCUT2D eigenvalue weighted by Crippen LogP contribution is 2.33. The monoisotopic (exact) mass is 369 g/mol. The van der Waals surface area contributed by atoms with E-state index in [0.717, 1.165) is 37.3 Å². The summed E-state index contributed by atoms with van der Waals surface area (Å²) >= 11 is 0. The summed E-state index contributed by atoms with van der Waals surface area (Å²) in [5, 5.41) is 3.23. The van der Waals surface area contributed by atoms with E-state index in [2.05, 4.69) is 27.1 Å². The summed E-state index contributed by atoms with van der Waals surface area (Å²) in [5.41, 5.74) is 8.25. The van der Waals surface area contributed by atoms with E-state index in [0.29, 0.717) is 29.7 Å². The summed E-state index contributed by atoms with van der Waals surface area (Å²) in [7, 11) is 0. The second-order valence-electron chi connectivity index (χ2n) is 6.63. The molecular weight excluding hydrogens is 342 g/mol. The smallest absolute Gasteiger partial charge is 0.338 e. The molecule has 1 aliphatic heterocycles. The largest absolute Gasteiger partial charge is 0.462 e. The molecule has 0 bridgehead atoms. The number of nitrogens with one attached hydrogen (secondary N) is 1. The van der Waals surface area contributed by atoms with Crippen LogP contribution >= 0.6 is 0 Å². The van der Waals surface area contributed by atoms with Crippen molar-refractivity contribution in [3.63, 3.8) is 0 Å². The Hall–Kier alpha value is -2.83. The van der Waals surface area contributed by atoms with Crippen molar-refractivity contribution >= 4 is 29.0 Å². The van der Waals surface area contributed by atoms with Gasteiger partial charge in [-0.15, -0.1) is 0 Å². The minimum atomic E-state index is -0.330. The zero-order chi connectivity index (χ0) is 19.2. The van der Waals surface area contributed by atoms with Gasteiger partial charge in [-0.2, -0.15) is 0 Å². The minimum absolute atomic E-state index is 0.330. The molecule has 7 heteroatoms. The van der Waals surface area contributed by atoms with E-state index in [4.69, 9.17) is 10.5 Å². The van der Waals surface area contributed by atoms with Gasteiger partial charge in [-0.25, -0.2) is 14.8 Å². The predicted molar refractivity (Wildman–Crippen MR) is 107 cm³/mol. The fourth-order valence-corrected chi connectivity index (χ4v) is 3.46. The lowest BCUT2D eigenvalue weighted by atomic mass is 10.00. The van der Waals surface area contributed by atoms with Gasteiger partial charge >= 0.3 is 5.97 Å². The van der Waals surface area contributed by atoms with Gasteiger partial charge in [0.05, 0.1) is 12.2 Å². The van der Waals surface area contributed by atoms with Crippen LogP contribution < -0.4 is 16.0 Å². The molecule has 0 radical (unpaired) electrons. The maximum absolute atomic E-state index is 11.8. The molecule has 27 heavy (non-hydrogen) atoms. The predicted octanol–water partition coefficient (Wildman–Crippen LogP) is 3.75. The number of hydrogen-bond donors (Lipinski definition) is 2. The molecule has 3 rings (SSSR count). The van der Waals surface area contributed by atoms with Crippen molar-refractivity contribution in [3.05, 3.63) is 36.2 Å². The maximum atomic E-state index is 11.8. The third-order valence-electron chi connectivity index (χ3n) is 4.89. The fourth-order valence-electron chi connectivity index (χ4n) is 3.46.